The smallest absolute Gasteiger partial charge is 0.326 e. The molecule has 4 heteroatoms. The Morgan fingerprint density at radius 2 is 2.22 bits per heavy atom. The van der Waals surface area contributed by atoms with E-state index in [4.69, 9.17) is 4.74 Å². The van der Waals surface area contributed by atoms with E-state index in [0.717, 1.165) is 25.8 Å². The van der Waals surface area contributed by atoms with Crippen LogP contribution in [0, 0.1) is 5.92 Å². The summed E-state index contributed by atoms with van der Waals surface area (Å²) in [5.41, 5.74) is -0.483. The molecule has 18 heavy (non-hydrogen) atoms. The Hall–Kier alpha value is -0.610. The maximum absolute atomic E-state index is 12.0. The maximum Gasteiger partial charge on any atom is 0.326 e. The molecule has 4 nitrogen and oxygen atoms in total. The molecule has 0 aromatic rings. The van der Waals surface area contributed by atoms with Crippen LogP contribution < -0.4 is 5.32 Å². The van der Waals surface area contributed by atoms with Crippen molar-refractivity contribution in [3.8, 4) is 0 Å². The Bertz CT molecular complexity index is 281. The van der Waals surface area contributed by atoms with E-state index in [1.165, 1.54) is 13.5 Å². The van der Waals surface area contributed by atoms with Crippen molar-refractivity contribution in [2.24, 2.45) is 5.92 Å². The van der Waals surface area contributed by atoms with Gasteiger partial charge in [-0.15, -0.1) is 0 Å². The van der Waals surface area contributed by atoms with Gasteiger partial charge in [0.15, 0.2) is 0 Å². The molecule has 1 fully saturated rings. The number of carbonyl (C=O) groups is 1. The van der Waals surface area contributed by atoms with Gasteiger partial charge in [0.2, 0.25) is 0 Å². The van der Waals surface area contributed by atoms with Crippen molar-refractivity contribution < 1.29 is 9.53 Å². The highest BCUT2D eigenvalue weighted by Gasteiger charge is 2.43. The van der Waals surface area contributed by atoms with E-state index in [-0.39, 0.29) is 5.97 Å². The first-order valence-electron chi connectivity index (χ1n) is 6.92. The highest BCUT2D eigenvalue weighted by atomic mass is 16.5. The molecule has 1 rings (SSSR count). The maximum atomic E-state index is 12.0. The second-order valence-electron chi connectivity index (χ2n) is 5.91. The van der Waals surface area contributed by atoms with Gasteiger partial charge in [-0.3, -0.25) is 4.79 Å². The van der Waals surface area contributed by atoms with Crippen LogP contribution in [0.1, 0.15) is 39.5 Å². The van der Waals surface area contributed by atoms with Crippen molar-refractivity contribution in [1.29, 1.82) is 0 Å². The Labute approximate surface area is 111 Å². The van der Waals surface area contributed by atoms with Gasteiger partial charge in [0.25, 0.3) is 0 Å². The van der Waals surface area contributed by atoms with Crippen LogP contribution >= 0.6 is 0 Å². The van der Waals surface area contributed by atoms with Crippen molar-refractivity contribution in [3.63, 3.8) is 0 Å². The third-order valence-electron chi connectivity index (χ3n) is 4.06. The van der Waals surface area contributed by atoms with Gasteiger partial charge in [-0.2, -0.15) is 0 Å². The van der Waals surface area contributed by atoms with Gasteiger partial charge in [0.1, 0.15) is 5.54 Å². The fourth-order valence-corrected chi connectivity index (χ4v) is 3.06. The number of hydrogen-bond donors (Lipinski definition) is 1. The largest absolute Gasteiger partial charge is 0.468 e. The molecular formula is C14H28N2O2. The number of methoxy groups -OCH3 is 1. The fraction of sp³-hybridized carbons (Fsp3) is 0.929. The van der Waals surface area contributed by atoms with E-state index in [1.807, 2.05) is 7.05 Å². The SMILES string of the molecule is CNC1(C(=O)OC)CCCC(N(C)CC(C)C)C1. The quantitative estimate of drug-likeness (QED) is 0.759. The third-order valence-corrected chi connectivity index (χ3v) is 4.06. The summed E-state index contributed by atoms with van der Waals surface area (Å²) in [5.74, 6) is 0.534. The topological polar surface area (TPSA) is 41.6 Å². The first-order valence-corrected chi connectivity index (χ1v) is 6.92. The Morgan fingerprint density at radius 1 is 1.56 bits per heavy atom. The number of rotatable bonds is 5. The molecule has 0 aromatic carbocycles. The molecule has 0 amide bonds. The number of carbonyl (C=O) groups excluding carboxylic acids is 1. The van der Waals surface area contributed by atoms with Gasteiger partial charge >= 0.3 is 5.97 Å². The lowest BCUT2D eigenvalue weighted by atomic mass is 9.78. The van der Waals surface area contributed by atoms with Crippen LogP contribution in [0.25, 0.3) is 0 Å². The van der Waals surface area contributed by atoms with Crippen LogP contribution in [0.3, 0.4) is 0 Å². The van der Waals surface area contributed by atoms with Crippen LogP contribution in [-0.4, -0.2) is 50.2 Å². The minimum Gasteiger partial charge on any atom is -0.468 e. The number of nitrogens with zero attached hydrogens (tertiary/aromatic N) is 1. The van der Waals surface area contributed by atoms with Crippen molar-refractivity contribution in [3.05, 3.63) is 0 Å². The first kappa shape index (κ1) is 15.4. The zero-order valence-corrected chi connectivity index (χ0v) is 12.5. The standard InChI is InChI=1S/C14H28N2O2/c1-11(2)10-16(4)12-7-6-8-14(9-12,15-3)13(17)18-5/h11-12,15H,6-10H2,1-5H3. The number of likely N-dealkylation sites (N-methyl/N-ethyl adjacent to an activating group) is 1. The molecule has 1 N–H and O–H groups in total. The van der Waals surface area contributed by atoms with Gasteiger partial charge in [0.05, 0.1) is 7.11 Å². The van der Waals surface area contributed by atoms with Gasteiger partial charge in [-0.25, -0.2) is 0 Å². The molecule has 1 aliphatic carbocycles. The summed E-state index contributed by atoms with van der Waals surface area (Å²) in [6.45, 7) is 5.53. The second kappa shape index (κ2) is 6.53. The summed E-state index contributed by atoms with van der Waals surface area (Å²) in [7, 11) is 5.50. The predicted octanol–water partition coefficient (Wildman–Crippen LogP) is 1.65. The summed E-state index contributed by atoms with van der Waals surface area (Å²) in [6.07, 6.45) is 3.97. The van der Waals surface area contributed by atoms with Crippen LogP contribution in [0.5, 0.6) is 0 Å². The summed E-state index contributed by atoms with van der Waals surface area (Å²) >= 11 is 0. The lowest BCUT2D eigenvalue weighted by Crippen LogP contribution is -2.57. The van der Waals surface area contributed by atoms with Crippen molar-refractivity contribution in [2.75, 3.05) is 27.7 Å². The Kier molecular flexibility index (Phi) is 5.60. The van der Waals surface area contributed by atoms with Crippen LogP contribution in [0.15, 0.2) is 0 Å². The molecule has 0 aliphatic heterocycles. The van der Waals surface area contributed by atoms with Crippen molar-refractivity contribution in [1.82, 2.24) is 10.2 Å². The Morgan fingerprint density at radius 3 is 2.72 bits per heavy atom. The zero-order chi connectivity index (χ0) is 13.8. The minimum absolute atomic E-state index is 0.118. The normalized spacial score (nSPS) is 28.7. The molecule has 0 aromatic heterocycles. The lowest BCUT2D eigenvalue weighted by molar-refractivity contribution is -0.151. The third kappa shape index (κ3) is 3.45. The van der Waals surface area contributed by atoms with Gasteiger partial charge < -0.3 is 15.0 Å². The molecule has 0 bridgehead atoms. The van der Waals surface area contributed by atoms with Gasteiger partial charge in [0, 0.05) is 12.6 Å². The molecule has 1 aliphatic rings. The highest BCUT2D eigenvalue weighted by Crippen LogP contribution is 2.31. The molecule has 0 radical (unpaired) electrons. The van der Waals surface area contributed by atoms with Crippen LogP contribution in [0.2, 0.25) is 0 Å². The lowest BCUT2D eigenvalue weighted by Gasteiger charge is -2.42. The Balaban J connectivity index is 2.72. The highest BCUT2D eigenvalue weighted by molar-refractivity contribution is 5.81. The molecule has 0 spiro atoms. The summed E-state index contributed by atoms with van der Waals surface area (Å²) < 4.78 is 4.97. The zero-order valence-electron chi connectivity index (χ0n) is 12.5. The van der Waals surface area contributed by atoms with Crippen LogP contribution in [-0.2, 0) is 9.53 Å². The second-order valence-corrected chi connectivity index (χ2v) is 5.91. The van der Waals surface area contributed by atoms with E-state index in [9.17, 15) is 4.79 Å². The van der Waals surface area contributed by atoms with Crippen molar-refractivity contribution in [2.45, 2.75) is 51.1 Å². The molecule has 0 heterocycles. The molecule has 106 valence electrons. The molecular weight excluding hydrogens is 228 g/mol. The number of nitrogens with one attached hydrogen (secondary N) is 1. The summed E-state index contributed by atoms with van der Waals surface area (Å²) in [5, 5.41) is 3.21. The van der Waals surface area contributed by atoms with E-state index < -0.39 is 5.54 Å². The first-order chi connectivity index (χ1) is 8.45. The van der Waals surface area contributed by atoms with Crippen molar-refractivity contribution >= 4 is 5.97 Å². The number of ether oxygens (including phenoxy) is 1. The molecule has 0 saturated heterocycles. The van der Waals surface area contributed by atoms with Gasteiger partial charge in [-0.05, 0) is 45.7 Å². The molecule has 1 saturated carbocycles. The van der Waals surface area contributed by atoms with E-state index in [1.54, 1.807) is 0 Å². The number of hydrogen-bond acceptors (Lipinski definition) is 4. The predicted molar refractivity (Wildman–Crippen MR) is 73.5 cm³/mol. The molecule has 2 unspecified atom stereocenters. The fourth-order valence-electron chi connectivity index (χ4n) is 3.06. The average molecular weight is 256 g/mol. The van der Waals surface area contributed by atoms with E-state index >= 15 is 0 Å². The van der Waals surface area contributed by atoms with E-state index in [2.05, 4.69) is 31.1 Å². The number of esters is 1. The van der Waals surface area contributed by atoms with Gasteiger partial charge in [-0.1, -0.05) is 13.8 Å². The summed E-state index contributed by atoms with van der Waals surface area (Å²) in [4.78, 5) is 14.4. The monoisotopic (exact) mass is 256 g/mol. The van der Waals surface area contributed by atoms with Crippen LogP contribution in [0.4, 0.5) is 0 Å². The molecule has 2 atom stereocenters. The minimum atomic E-state index is -0.483. The average Bonchev–Trinajstić information content (AvgIpc) is 2.36. The summed E-state index contributed by atoms with van der Waals surface area (Å²) in [6, 6.07) is 0.465. The van der Waals surface area contributed by atoms with E-state index in [0.29, 0.717) is 12.0 Å².